The first-order chi connectivity index (χ1) is 17.7. The molecule has 7 heteroatoms. The molecule has 0 saturated carbocycles. The smallest absolute Gasteiger partial charge is 0.280 e. The van der Waals surface area contributed by atoms with Crippen LogP contribution < -0.4 is 10.2 Å². The molecule has 0 saturated heterocycles. The van der Waals surface area contributed by atoms with Crippen molar-refractivity contribution in [3.05, 3.63) is 112 Å². The van der Waals surface area contributed by atoms with E-state index in [4.69, 9.17) is 0 Å². The van der Waals surface area contributed by atoms with E-state index >= 15 is 0 Å². The molecular formula is C29H28N4O2S. The van der Waals surface area contributed by atoms with Gasteiger partial charge < -0.3 is 5.32 Å². The van der Waals surface area contributed by atoms with Crippen molar-refractivity contribution in [3.63, 3.8) is 0 Å². The zero-order chi connectivity index (χ0) is 24.7. The van der Waals surface area contributed by atoms with Gasteiger partial charge in [-0.05, 0) is 72.0 Å². The Bertz CT molecular complexity index is 1310. The molecule has 0 unspecified atom stereocenters. The van der Waals surface area contributed by atoms with Crippen LogP contribution in [0.3, 0.4) is 0 Å². The molecule has 3 aromatic carbocycles. The molecule has 5 rings (SSSR count). The Morgan fingerprint density at radius 1 is 0.917 bits per heavy atom. The van der Waals surface area contributed by atoms with Gasteiger partial charge in [-0.25, -0.2) is 0 Å². The maximum Gasteiger partial charge on any atom is 0.280 e. The molecule has 0 aliphatic heterocycles. The van der Waals surface area contributed by atoms with E-state index in [1.807, 2.05) is 72.8 Å². The lowest BCUT2D eigenvalue weighted by atomic mass is 9.89. The lowest BCUT2D eigenvalue weighted by Gasteiger charge is -2.34. The number of fused-ring (bicyclic) bond motifs is 1. The van der Waals surface area contributed by atoms with Crippen molar-refractivity contribution < 1.29 is 9.59 Å². The first kappa shape index (κ1) is 23.9. The van der Waals surface area contributed by atoms with Crippen LogP contribution in [0.5, 0.6) is 0 Å². The van der Waals surface area contributed by atoms with Crippen LogP contribution in [0, 0.1) is 0 Å². The minimum Gasteiger partial charge on any atom is -0.354 e. The minimum atomic E-state index is -0.843. The molecule has 1 heterocycles. The van der Waals surface area contributed by atoms with E-state index in [0.29, 0.717) is 13.0 Å². The third-order valence-electron chi connectivity index (χ3n) is 6.61. The second-order valence-corrected chi connectivity index (χ2v) is 9.54. The molecule has 2 amide bonds. The Hall–Kier alpha value is -3.84. The van der Waals surface area contributed by atoms with E-state index in [-0.39, 0.29) is 17.5 Å². The largest absolute Gasteiger partial charge is 0.354 e. The van der Waals surface area contributed by atoms with Gasteiger partial charge in [0, 0.05) is 17.6 Å². The predicted octanol–water partition coefficient (Wildman–Crippen LogP) is 5.16. The van der Waals surface area contributed by atoms with Crippen LogP contribution in [0.2, 0.25) is 0 Å². The van der Waals surface area contributed by atoms with E-state index in [0.717, 1.165) is 59.6 Å². The van der Waals surface area contributed by atoms with E-state index in [2.05, 4.69) is 21.0 Å². The van der Waals surface area contributed by atoms with Gasteiger partial charge in [-0.15, -0.1) is 5.10 Å². The molecule has 1 aliphatic carbocycles. The van der Waals surface area contributed by atoms with Crippen molar-refractivity contribution in [2.45, 2.75) is 38.1 Å². The van der Waals surface area contributed by atoms with Gasteiger partial charge in [0.2, 0.25) is 5.91 Å². The van der Waals surface area contributed by atoms with Crippen LogP contribution in [0.15, 0.2) is 84.2 Å². The zero-order valence-electron chi connectivity index (χ0n) is 20.0. The highest BCUT2D eigenvalue weighted by Crippen LogP contribution is 2.36. The topological polar surface area (TPSA) is 75.2 Å². The first-order valence-corrected chi connectivity index (χ1v) is 13.1. The van der Waals surface area contributed by atoms with Gasteiger partial charge in [0.05, 0.1) is 0 Å². The number of carbonyl (C=O) groups is 2. The molecular weight excluding hydrogens is 468 g/mol. The maximum atomic E-state index is 14.0. The summed E-state index contributed by atoms with van der Waals surface area (Å²) in [7, 11) is 0. The number of aryl methyl sites for hydroxylation is 1. The number of hydrogen-bond acceptors (Lipinski definition) is 5. The van der Waals surface area contributed by atoms with Crippen LogP contribution in [0.4, 0.5) is 5.69 Å². The number of nitrogens with zero attached hydrogens (tertiary/aromatic N) is 3. The van der Waals surface area contributed by atoms with Crippen molar-refractivity contribution in [2.75, 3.05) is 11.4 Å². The summed E-state index contributed by atoms with van der Waals surface area (Å²) < 4.78 is 3.91. The van der Waals surface area contributed by atoms with Crippen molar-refractivity contribution in [2.24, 2.45) is 0 Å². The van der Waals surface area contributed by atoms with Gasteiger partial charge >= 0.3 is 0 Å². The van der Waals surface area contributed by atoms with Crippen LogP contribution in [-0.4, -0.2) is 27.9 Å². The number of aromatic nitrogens is 2. The van der Waals surface area contributed by atoms with E-state index in [1.54, 1.807) is 10.3 Å². The van der Waals surface area contributed by atoms with E-state index in [9.17, 15) is 9.59 Å². The number of hydrogen-bond donors (Lipinski definition) is 1. The molecule has 4 aromatic rings. The standard InChI is InChI=1S/C29H28N4O2S/c34-28(30-19-18-21-10-3-1-4-11-21)27(23-13-5-2-6-14-23)33(29(35)25-20-36-32-31-25)26-17-9-15-22-12-7-8-16-24(22)26/h1-6,9-11,13-15,17,20,27H,7-8,12,16,18-19H2,(H,30,34)/t27-/m1/s1. The van der Waals surface area contributed by atoms with Crippen LogP contribution in [0.25, 0.3) is 0 Å². The Balaban J connectivity index is 1.54. The highest BCUT2D eigenvalue weighted by molar-refractivity contribution is 7.03. The molecule has 182 valence electrons. The molecule has 1 N–H and O–H groups in total. The third-order valence-corrected chi connectivity index (χ3v) is 7.11. The normalized spacial score (nSPS) is 13.4. The average molecular weight is 497 g/mol. The van der Waals surface area contributed by atoms with Crippen molar-refractivity contribution in [1.29, 1.82) is 0 Å². The number of carbonyl (C=O) groups excluding carboxylic acids is 2. The number of amides is 2. The Kier molecular flexibility index (Phi) is 7.47. The fraction of sp³-hybridized carbons (Fsp3) is 0.241. The summed E-state index contributed by atoms with van der Waals surface area (Å²) in [6, 6.07) is 24.8. The molecule has 1 aliphatic rings. The molecule has 1 atom stereocenters. The Labute approximate surface area is 215 Å². The summed E-state index contributed by atoms with van der Waals surface area (Å²) in [4.78, 5) is 29.4. The second-order valence-electron chi connectivity index (χ2n) is 8.93. The fourth-order valence-corrected chi connectivity index (χ4v) is 5.29. The van der Waals surface area contributed by atoms with Gasteiger partial charge in [0.25, 0.3) is 5.91 Å². The fourth-order valence-electron chi connectivity index (χ4n) is 4.86. The third kappa shape index (κ3) is 5.21. The summed E-state index contributed by atoms with van der Waals surface area (Å²) in [6.45, 7) is 0.472. The van der Waals surface area contributed by atoms with Crippen molar-refractivity contribution in [3.8, 4) is 0 Å². The predicted molar refractivity (Wildman–Crippen MR) is 142 cm³/mol. The number of nitrogens with one attached hydrogen (secondary N) is 1. The highest BCUT2D eigenvalue weighted by Gasteiger charge is 2.36. The van der Waals surface area contributed by atoms with Gasteiger partial charge in [0.15, 0.2) is 5.69 Å². The SMILES string of the molecule is O=C(NCCc1ccccc1)[C@@H](c1ccccc1)N(C(=O)c1csnn1)c1cccc2c1CCCC2. The summed E-state index contributed by atoms with van der Waals surface area (Å²) in [5.41, 5.74) is 5.29. The molecule has 36 heavy (non-hydrogen) atoms. The average Bonchev–Trinajstić information content (AvgIpc) is 3.47. The molecule has 0 fully saturated rings. The van der Waals surface area contributed by atoms with Crippen LogP contribution in [-0.2, 0) is 24.1 Å². The molecule has 0 spiro atoms. The number of benzene rings is 3. The van der Waals surface area contributed by atoms with Crippen molar-refractivity contribution >= 4 is 29.0 Å². The Morgan fingerprint density at radius 3 is 2.42 bits per heavy atom. The summed E-state index contributed by atoms with van der Waals surface area (Å²) >= 11 is 1.13. The first-order valence-electron chi connectivity index (χ1n) is 12.3. The van der Waals surface area contributed by atoms with Gasteiger partial charge in [-0.3, -0.25) is 14.5 Å². The number of rotatable bonds is 8. The van der Waals surface area contributed by atoms with Crippen LogP contribution >= 0.6 is 11.5 Å². The summed E-state index contributed by atoms with van der Waals surface area (Å²) in [6.07, 6.45) is 4.75. The zero-order valence-corrected chi connectivity index (χ0v) is 20.8. The van der Waals surface area contributed by atoms with E-state index in [1.165, 1.54) is 5.56 Å². The highest BCUT2D eigenvalue weighted by atomic mass is 32.1. The second kappa shape index (κ2) is 11.3. The summed E-state index contributed by atoms with van der Waals surface area (Å²) in [5.74, 6) is -0.545. The van der Waals surface area contributed by atoms with Gasteiger partial charge in [-0.1, -0.05) is 77.3 Å². The maximum absolute atomic E-state index is 14.0. The molecule has 0 radical (unpaired) electrons. The monoisotopic (exact) mass is 496 g/mol. The molecule has 0 bridgehead atoms. The van der Waals surface area contributed by atoms with Gasteiger partial charge in [-0.2, -0.15) is 0 Å². The minimum absolute atomic E-state index is 0.220. The van der Waals surface area contributed by atoms with Crippen LogP contribution in [0.1, 0.15) is 51.6 Å². The van der Waals surface area contributed by atoms with Crippen molar-refractivity contribution in [1.82, 2.24) is 14.9 Å². The lowest BCUT2D eigenvalue weighted by Crippen LogP contribution is -2.45. The molecule has 6 nitrogen and oxygen atoms in total. The van der Waals surface area contributed by atoms with Gasteiger partial charge in [0.1, 0.15) is 6.04 Å². The molecule has 1 aromatic heterocycles. The Morgan fingerprint density at radius 2 is 1.67 bits per heavy atom. The number of anilines is 1. The quantitative estimate of drug-likeness (QED) is 0.365. The summed E-state index contributed by atoms with van der Waals surface area (Å²) in [5, 5.41) is 8.79. The lowest BCUT2D eigenvalue weighted by molar-refractivity contribution is -0.122. The van der Waals surface area contributed by atoms with E-state index < -0.39 is 6.04 Å².